The third-order valence-electron chi connectivity index (χ3n) is 4.65. The minimum absolute atomic E-state index is 0.665. The number of carbonyl (C=O) groups is 1. The van der Waals surface area contributed by atoms with Crippen LogP contribution in [0.2, 0.25) is 0 Å². The van der Waals surface area contributed by atoms with E-state index in [0.717, 1.165) is 38.6 Å². The van der Waals surface area contributed by atoms with Crippen molar-refractivity contribution in [3.05, 3.63) is 0 Å². The molecular formula is C15H29N3O2. The maximum Gasteiger partial charge on any atom is 0.323 e. The number of hydrogen-bond acceptors (Lipinski definition) is 4. The van der Waals surface area contributed by atoms with E-state index in [9.17, 15) is 9.90 Å². The fourth-order valence-corrected chi connectivity index (χ4v) is 2.90. The summed E-state index contributed by atoms with van der Waals surface area (Å²) in [6.45, 7) is 11.0. The molecule has 5 nitrogen and oxygen atoms in total. The molecular weight excluding hydrogens is 254 g/mol. The summed E-state index contributed by atoms with van der Waals surface area (Å²) in [7, 11) is 0. The molecule has 20 heavy (non-hydrogen) atoms. The second-order valence-electron chi connectivity index (χ2n) is 6.50. The average Bonchev–Trinajstić information content (AvgIpc) is 3.22. The highest BCUT2D eigenvalue weighted by atomic mass is 16.4. The molecule has 2 N–H and O–H groups in total. The van der Waals surface area contributed by atoms with Crippen LogP contribution in [-0.2, 0) is 4.79 Å². The van der Waals surface area contributed by atoms with Gasteiger partial charge in [-0.15, -0.1) is 0 Å². The Hall–Kier alpha value is -0.650. The molecule has 0 radical (unpaired) electrons. The third-order valence-corrected chi connectivity index (χ3v) is 4.65. The Morgan fingerprint density at radius 3 is 2.35 bits per heavy atom. The fourth-order valence-electron chi connectivity index (χ4n) is 2.90. The summed E-state index contributed by atoms with van der Waals surface area (Å²) in [5.74, 6) is 0.220. The van der Waals surface area contributed by atoms with Crippen LogP contribution in [0.5, 0.6) is 0 Å². The van der Waals surface area contributed by atoms with Gasteiger partial charge >= 0.3 is 5.97 Å². The number of nitrogens with one attached hydrogen (secondary N) is 1. The lowest BCUT2D eigenvalue weighted by molar-refractivity contribution is -0.144. The first-order valence-corrected chi connectivity index (χ1v) is 7.96. The lowest BCUT2D eigenvalue weighted by atomic mass is 9.97. The summed E-state index contributed by atoms with van der Waals surface area (Å²) >= 11 is 0. The Bertz CT molecular complexity index is 325. The van der Waals surface area contributed by atoms with Crippen molar-refractivity contribution in [2.24, 2.45) is 5.92 Å². The predicted molar refractivity (Wildman–Crippen MR) is 79.9 cm³/mol. The Morgan fingerprint density at radius 1 is 1.25 bits per heavy atom. The van der Waals surface area contributed by atoms with E-state index >= 15 is 0 Å². The molecule has 2 fully saturated rings. The molecule has 0 aromatic rings. The van der Waals surface area contributed by atoms with Crippen molar-refractivity contribution in [1.82, 2.24) is 15.1 Å². The zero-order valence-corrected chi connectivity index (χ0v) is 12.9. The van der Waals surface area contributed by atoms with E-state index in [-0.39, 0.29) is 0 Å². The number of carboxylic acids is 1. The van der Waals surface area contributed by atoms with Gasteiger partial charge in [0.15, 0.2) is 0 Å². The molecule has 1 aliphatic heterocycles. The van der Waals surface area contributed by atoms with Crippen LogP contribution >= 0.6 is 0 Å². The number of piperazine rings is 1. The van der Waals surface area contributed by atoms with Gasteiger partial charge in [-0.25, -0.2) is 0 Å². The van der Waals surface area contributed by atoms with Gasteiger partial charge < -0.3 is 20.2 Å². The van der Waals surface area contributed by atoms with Crippen molar-refractivity contribution in [1.29, 1.82) is 0 Å². The molecule has 0 aromatic carbocycles. The van der Waals surface area contributed by atoms with Crippen LogP contribution in [0.3, 0.4) is 0 Å². The van der Waals surface area contributed by atoms with Crippen molar-refractivity contribution in [3.8, 4) is 0 Å². The minimum Gasteiger partial charge on any atom is -0.480 e. The van der Waals surface area contributed by atoms with Gasteiger partial charge in [0, 0.05) is 39.3 Å². The first-order valence-electron chi connectivity index (χ1n) is 7.96. The molecule has 2 aliphatic rings. The number of carboxylic acid groups (broad SMARTS) is 1. The van der Waals surface area contributed by atoms with Crippen LogP contribution in [0.4, 0.5) is 0 Å². The number of rotatable bonds is 8. The monoisotopic (exact) mass is 283 g/mol. The molecule has 116 valence electrons. The molecule has 1 unspecified atom stereocenters. The predicted octanol–water partition coefficient (Wildman–Crippen LogP) is 0.857. The van der Waals surface area contributed by atoms with Crippen molar-refractivity contribution in [2.45, 2.75) is 38.6 Å². The van der Waals surface area contributed by atoms with Gasteiger partial charge in [0.2, 0.25) is 0 Å². The van der Waals surface area contributed by atoms with Crippen LogP contribution in [0.25, 0.3) is 0 Å². The maximum atomic E-state index is 11.4. The molecule has 0 spiro atoms. The largest absolute Gasteiger partial charge is 0.480 e. The van der Waals surface area contributed by atoms with Crippen molar-refractivity contribution >= 4 is 5.97 Å². The topological polar surface area (TPSA) is 55.8 Å². The van der Waals surface area contributed by atoms with E-state index in [0.29, 0.717) is 13.0 Å². The highest BCUT2D eigenvalue weighted by Gasteiger charge is 2.33. The molecule has 1 saturated heterocycles. The Kier molecular flexibility index (Phi) is 5.41. The van der Waals surface area contributed by atoms with Crippen LogP contribution in [0.15, 0.2) is 0 Å². The highest BCUT2D eigenvalue weighted by Crippen LogP contribution is 2.29. The van der Waals surface area contributed by atoms with Gasteiger partial charge in [0.05, 0.1) is 0 Å². The van der Waals surface area contributed by atoms with Crippen LogP contribution in [0.1, 0.15) is 33.1 Å². The van der Waals surface area contributed by atoms with Crippen molar-refractivity contribution in [3.63, 3.8) is 0 Å². The van der Waals surface area contributed by atoms with E-state index in [1.54, 1.807) is 6.92 Å². The average molecular weight is 283 g/mol. The summed E-state index contributed by atoms with van der Waals surface area (Å²) < 4.78 is 0. The second-order valence-corrected chi connectivity index (χ2v) is 6.50. The van der Waals surface area contributed by atoms with E-state index in [4.69, 9.17) is 0 Å². The normalized spacial score (nSPS) is 24.5. The van der Waals surface area contributed by atoms with E-state index in [1.165, 1.54) is 19.4 Å². The Balaban J connectivity index is 1.70. The summed E-state index contributed by atoms with van der Waals surface area (Å²) in [5, 5.41) is 12.5. The summed E-state index contributed by atoms with van der Waals surface area (Å²) in [5.41, 5.74) is -0.792. The molecule has 0 amide bonds. The fraction of sp³-hybridized carbons (Fsp3) is 0.933. The van der Waals surface area contributed by atoms with Gasteiger partial charge in [0.25, 0.3) is 0 Å². The third kappa shape index (κ3) is 4.43. The SMILES string of the molecule is CCNC(C)(CCN1CCN(CC2CC2)CC1)C(=O)O. The molecule has 5 heteroatoms. The number of nitrogens with zero attached hydrogens (tertiary/aromatic N) is 2. The van der Waals surface area contributed by atoms with E-state index in [2.05, 4.69) is 15.1 Å². The zero-order chi connectivity index (χ0) is 14.6. The van der Waals surface area contributed by atoms with E-state index < -0.39 is 11.5 Å². The Labute approximate surface area is 122 Å². The standard InChI is InChI=1S/C15H29N3O2/c1-3-16-15(2,14(19)20)6-7-17-8-10-18(11-9-17)12-13-4-5-13/h13,16H,3-12H2,1-2H3,(H,19,20). The first-order chi connectivity index (χ1) is 9.53. The lowest BCUT2D eigenvalue weighted by Gasteiger charge is -2.36. The maximum absolute atomic E-state index is 11.4. The number of hydrogen-bond donors (Lipinski definition) is 2. The summed E-state index contributed by atoms with van der Waals surface area (Å²) in [4.78, 5) is 16.3. The van der Waals surface area contributed by atoms with Gasteiger partial charge in [-0.1, -0.05) is 6.92 Å². The smallest absolute Gasteiger partial charge is 0.323 e. The highest BCUT2D eigenvalue weighted by molar-refractivity contribution is 5.78. The van der Waals surface area contributed by atoms with Gasteiger partial charge in [0.1, 0.15) is 5.54 Å². The first kappa shape index (κ1) is 15.7. The van der Waals surface area contributed by atoms with Crippen LogP contribution in [0, 0.1) is 5.92 Å². The molecule has 2 rings (SSSR count). The van der Waals surface area contributed by atoms with Gasteiger partial charge in [-0.3, -0.25) is 4.79 Å². The van der Waals surface area contributed by atoms with E-state index in [1.807, 2.05) is 6.92 Å². The molecule has 1 atom stereocenters. The van der Waals surface area contributed by atoms with Crippen LogP contribution < -0.4 is 5.32 Å². The summed E-state index contributed by atoms with van der Waals surface area (Å²) in [6.07, 6.45) is 3.50. The molecule has 1 saturated carbocycles. The molecule has 0 bridgehead atoms. The number of likely N-dealkylation sites (N-methyl/N-ethyl adjacent to an activating group) is 1. The minimum atomic E-state index is -0.792. The Morgan fingerprint density at radius 2 is 1.85 bits per heavy atom. The molecule has 1 aliphatic carbocycles. The molecule has 0 aromatic heterocycles. The van der Waals surface area contributed by atoms with Crippen molar-refractivity contribution in [2.75, 3.05) is 45.8 Å². The number of aliphatic carboxylic acids is 1. The second kappa shape index (κ2) is 6.87. The lowest BCUT2D eigenvalue weighted by Crippen LogP contribution is -2.53. The molecule has 1 heterocycles. The zero-order valence-electron chi connectivity index (χ0n) is 12.9. The quantitative estimate of drug-likeness (QED) is 0.692. The van der Waals surface area contributed by atoms with Crippen LogP contribution in [-0.4, -0.2) is 72.2 Å². The van der Waals surface area contributed by atoms with Gasteiger partial charge in [-0.2, -0.15) is 0 Å². The summed E-state index contributed by atoms with van der Waals surface area (Å²) in [6, 6.07) is 0. The van der Waals surface area contributed by atoms with Crippen molar-refractivity contribution < 1.29 is 9.90 Å². The van der Waals surface area contributed by atoms with Gasteiger partial charge in [-0.05, 0) is 38.6 Å².